The highest BCUT2D eigenvalue weighted by molar-refractivity contribution is 5.47. The number of methoxy groups -OCH3 is 2. The molecule has 0 saturated heterocycles. The van der Waals surface area contributed by atoms with Crippen molar-refractivity contribution in [3.05, 3.63) is 23.8 Å². The summed E-state index contributed by atoms with van der Waals surface area (Å²) in [7, 11) is 3.12. The van der Waals surface area contributed by atoms with Crippen molar-refractivity contribution < 1.29 is 19.3 Å². The number of benzene rings is 1. The highest BCUT2D eigenvalue weighted by atomic mass is 16.5. The molecule has 0 bridgehead atoms. The van der Waals surface area contributed by atoms with Crippen LogP contribution in [-0.4, -0.2) is 32.0 Å². The largest absolute Gasteiger partial charge is 0.493 e. The Balaban J connectivity index is 2.88. The fourth-order valence-electron chi connectivity index (χ4n) is 1.55. The van der Waals surface area contributed by atoms with E-state index in [2.05, 4.69) is 0 Å². The third-order valence-corrected chi connectivity index (χ3v) is 2.38. The Labute approximate surface area is 102 Å². The molecule has 96 valence electrons. The van der Waals surface area contributed by atoms with Crippen LogP contribution in [0.25, 0.3) is 0 Å². The standard InChI is InChI=1S/C13H20O4/c1-9(2)17-8-11(14)10-6-5-7-12(15-3)13(10)16-4/h5-7,9,11,14H,8H2,1-4H3. The molecule has 1 aromatic rings. The van der Waals surface area contributed by atoms with Gasteiger partial charge in [0.2, 0.25) is 0 Å². The lowest BCUT2D eigenvalue weighted by molar-refractivity contribution is 0.00398. The zero-order chi connectivity index (χ0) is 12.8. The summed E-state index contributed by atoms with van der Waals surface area (Å²) < 4.78 is 15.8. The number of hydrogen-bond acceptors (Lipinski definition) is 4. The van der Waals surface area contributed by atoms with Crippen molar-refractivity contribution in [1.82, 2.24) is 0 Å². The van der Waals surface area contributed by atoms with E-state index in [0.717, 1.165) is 0 Å². The molecule has 0 aliphatic rings. The molecule has 1 rings (SSSR count). The van der Waals surface area contributed by atoms with Gasteiger partial charge in [-0.05, 0) is 19.9 Å². The molecule has 0 saturated carbocycles. The van der Waals surface area contributed by atoms with E-state index < -0.39 is 6.10 Å². The van der Waals surface area contributed by atoms with Crippen LogP contribution in [0.4, 0.5) is 0 Å². The summed E-state index contributed by atoms with van der Waals surface area (Å²) in [5.74, 6) is 1.16. The molecule has 4 nitrogen and oxygen atoms in total. The van der Waals surface area contributed by atoms with E-state index in [1.165, 1.54) is 0 Å². The number of aliphatic hydroxyl groups excluding tert-OH is 1. The van der Waals surface area contributed by atoms with Gasteiger partial charge in [0.25, 0.3) is 0 Å². The van der Waals surface area contributed by atoms with E-state index in [0.29, 0.717) is 17.1 Å². The maximum atomic E-state index is 10.0. The summed E-state index contributed by atoms with van der Waals surface area (Å²) in [5, 5.41) is 10.0. The molecule has 0 aromatic heterocycles. The Morgan fingerprint density at radius 1 is 1.18 bits per heavy atom. The average Bonchev–Trinajstić information content (AvgIpc) is 2.34. The minimum absolute atomic E-state index is 0.0845. The van der Waals surface area contributed by atoms with Crippen LogP contribution in [-0.2, 0) is 4.74 Å². The van der Waals surface area contributed by atoms with Crippen LogP contribution >= 0.6 is 0 Å². The van der Waals surface area contributed by atoms with Crippen molar-refractivity contribution in [2.75, 3.05) is 20.8 Å². The Morgan fingerprint density at radius 2 is 1.88 bits per heavy atom. The smallest absolute Gasteiger partial charge is 0.166 e. The fraction of sp³-hybridized carbons (Fsp3) is 0.538. The predicted molar refractivity (Wildman–Crippen MR) is 65.6 cm³/mol. The van der Waals surface area contributed by atoms with Crippen LogP contribution in [0.5, 0.6) is 11.5 Å². The van der Waals surface area contributed by atoms with Crippen LogP contribution in [0.1, 0.15) is 25.5 Å². The molecule has 0 fully saturated rings. The molecule has 0 aliphatic carbocycles. The molecule has 4 heteroatoms. The quantitative estimate of drug-likeness (QED) is 0.827. The Bertz CT molecular complexity index is 349. The summed E-state index contributed by atoms with van der Waals surface area (Å²) in [4.78, 5) is 0. The summed E-state index contributed by atoms with van der Waals surface area (Å²) in [6.45, 7) is 4.09. The van der Waals surface area contributed by atoms with Crippen LogP contribution in [0, 0.1) is 0 Å². The molecular weight excluding hydrogens is 220 g/mol. The maximum absolute atomic E-state index is 10.0. The number of hydrogen-bond donors (Lipinski definition) is 1. The average molecular weight is 240 g/mol. The van der Waals surface area contributed by atoms with Crippen molar-refractivity contribution in [3.63, 3.8) is 0 Å². The topological polar surface area (TPSA) is 47.9 Å². The first-order chi connectivity index (χ1) is 8.10. The number of ether oxygens (including phenoxy) is 3. The van der Waals surface area contributed by atoms with Crippen LogP contribution in [0.15, 0.2) is 18.2 Å². The lowest BCUT2D eigenvalue weighted by atomic mass is 10.1. The second-order valence-corrected chi connectivity index (χ2v) is 3.98. The van der Waals surface area contributed by atoms with E-state index in [-0.39, 0.29) is 12.7 Å². The first kappa shape index (κ1) is 13.8. The molecule has 0 radical (unpaired) electrons. The van der Waals surface area contributed by atoms with Gasteiger partial charge >= 0.3 is 0 Å². The molecule has 1 unspecified atom stereocenters. The Hall–Kier alpha value is -1.26. The number of aliphatic hydroxyl groups is 1. The van der Waals surface area contributed by atoms with Gasteiger partial charge in [0.05, 0.1) is 26.9 Å². The predicted octanol–water partition coefficient (Wildman–Crippen LogP) is 2.16. The number of para-hydroxylation sites is 1. The molecule has 17 heavy (non-hydrogen) atoms. The van der Waals surface area contributed by atoms with Crippen molar-refractivity contribution in [1.29, 1.82) is 0 Å². The second-order valence-electron chi connectivity index (χ2n) is 3.98. The van der Waals surface area contributed by atoms with E-state index in [1.807, 2.05) is 19.9 Å². The normalized spacial score (nSPS) is 12.6. The van der Waals surface area contributed by atoms with Crippen molar-refractivity contribution in [2.45, 2.75) is 26.1 Å². The van der Waals surface area contributed by atoms with Gasteiger partial charge in [0, 0.05) is 5.56 Å². The van der Waals surface area contributed by atoms with Gasteiger partial charge in [-0.25, -0.2) is 0 Å². The molecule has 1 N–H and O–H groups in total. The highest BCUT2D eigenvalue weighted by Crippen LogP contribution is 2.34. The van der Waals surface area contributed by atoms with Gasteiger partial charge in [-0.1, -0.05) is 12.1 Å². The van der Waals surface area contributed by atoms with Crippen molar-refractivity contribution in [2.24, 2.45) is 0 Å². The van der Waals surface area contributed by atoms with E-state index in [1.54, 1.807) is 26.4 Å². The third kappa shape index (κ3) is 3.61. The molecule has 0 amide bonds. The SMILES string of the molecule is COc1cccc(C(O)COC(C)C)c1OC. The molecule has 1 atom stereocenters. The monoisotopic (exact) mass is 240 g/mol. The fourth-order valence-corrected chi connectivity index (χ4v) is 1.55. The van der Waals surface area contributed by atoms with Gasteiger partial charge in [0.1, 0.15) is 6.10 Å². The van der Waals surface area contributed by atoms with Crippen LogP contribution < -0.4 is 9.47 Å². The van der Waals surface area contributed by atoms with Crippen molar-refractivity contribution >= 4 is 0 Å². The van der Waals surface area contributed by atoms with E-state index in [4.69, 9.17) is 14.2 Å². The lowest BCUT2D eigenvalue weighted by Gasteiger charge is -2.18. The summed E-state index contributed by atoms with van der Waals surface area (Å²) in [5.41, 5.74) is 0.674. The van der Waals surface area contributed by atoms with E-state index >= 15 is 0 Å². The van der Waals surface area contributed by atoms with E-state index in [9.17, 15) is 5.11 Å². The molecule has 1 aromatic carbocycles. The minimum Gasteiger partial charge on any atom is -0.493 e. The number of rotatable bonds is 6. The van der Waals surface area contributed by atoms with Gasteiger partial charge < -0.3 is 19.3 Å². The zero-order valence-electron chi connectivity index (χ0n) is 10.8. The first-order valence-electron chi connectivity index (χ1n) is 5.60. The maximum Gasteiger partial charge on any atom is 0.166 e. The second kappa shape index (κ2) is 6.47. The van der Waals surface area contributed by atoms with Gasteiger partial charge in [-0.3, -0.25) is 0 Å². The van der Waals surface area contributed by atoms with Crippen LogP contribution in [0.2, 0.25) is 0 Å². The molecule has 0 heterocycles. The van der Waals surface area contributed by atoms with Crippen molar-refractivity contribution in [3.8, 4) is 11.5 Å². The first-order valence-corrected chi connectivity index (χ1v) is 5.60. The Kier molecular flexibility index (Phi) is 5.25. The molecule has 0 aliphatic heterocycles. The van der Waals surface area contributed by atoms with Gasteiger partial charge in [-0.2, -0.15) is 0 Å². The molecular formula is C13H20O4. The summed E-state index contributed by atoms with van der Waals surface area (Å²) in [6, 6.07) is 5.41. The summed E-state index contributed by atoms with van der Waals surface area (Å²) >= 11 is 0. The Morgan fingerprint density at radius 3 is 2.41 bits per heavy atom. The van der Waals surface area contributed by atoms with Crippen LogP contribution in [0.3, 0.4) is 0 Å². The molecule has 0 spiro atoms. The van der Waals surface area contributed by atoms with Gasteiger partial charge in [0.15, 0.2) is 11.5 Å². The minimum atomic E-state index is -0.720. The summed E-state index contributed by atoms with van der Waals surface area (Å²) in [6.07, 6.45) is -0.635. The van der Waals surface area contributed by atoms with Gasteiger partial charge in [-0.15, -0.1) is 0 Å². The lowest BCUT2D eigenvalue weighted by Crippen LogP contribution is -2.13. The highest BCUT2D eigenvalue weighted by Gasteiger charge is 2.17. The zero-order valence-corrected chi connectivity index (χ0v) is 10.8. The third-order valence-electron chi connectivity index (χ3n) is 2.38.